The summed E-state index contributed by atoms with van der Waals surface area (Å²) in [6.45, 7) is 18.5. The van der Waals surface area contributed by atoms with E-state index >= 15 is 0 Å². The highest BCUT2D eigenvalue weighted by Gasteiger charge is 2.50. The van der Waals surface area contributed by atoms with Crippen LogP contribution in [0.2, 0.25) is 0 Å². The number of phenolic OH excluding ortho intramolecular Hbond substituents is 2. The molecule has 2 aromatic rings. The summed E-state index contributed by atoms with van der Waals surface area (Å²) in [5.74, 6) is 0.365. The van der Waals surface area contributed by atoms with Gasteiger partial charge >= 0.3 is 5.97 Å². The number of fused-ring (bicyclic) bond motifs is 2. The number of hydrogen-bond acceptors (Lipinski definition) is 6. The Kier molecular flexibility index (Phi) is 11.1. The number of aliphatic hydroxyl groups is 1. The van der Waals surface area contributed by atoms with Gasteiger partial charge < -0.3 is 24.8 Å². The first kappa shape index (κ1) is 36.8. The molecule has 0 spiro atoms. The first-order valence-corrected chi connectivity index (χ1v) is 18.6. The van der Waals surface area contributed by atoms with Crippen LogP contribution >= 0.6 is 0 Å². The summed E-state index contributed by atoms with van der Waals surface area (Å²) in [5, 5.41) is 34.9. The second kappa shape index (κ2) is 14.8. The average molecular weight is 671 g/mol. The highest BCUT2D eigenvalue weighted by Crippen LogP contribution is 2.53. The van der Waals surface area contributed by atoms with E-state index in [4.69, 9.17) is 9.47 Å². The Bertz CT molecular complexity index is 1640. The Hall–Kier alpha value is -3.51. The highest BCUT2D eigenvalue weighted by atomic mass is 16.6. The Balaban J connectivity index is 1.52. The lowest BCUT2D eigenvalue weighted by atomic mass is 9.70. The van der Waals surface area contributed by atoms with Crippen molar-refractivity contribution in [2.45, 2.75) is 149 Å². The van der Waals surface area contributed by atoms with Crippen molar-refractivity contribution in [3.63, 3.8) is 0 Å². The number of hydrogen-bond donors (Lipinski definition) is 3. The second-order valence-corrected chi connectivity index (χ2v) is 15.6. The maximum atomic E-state index is 14.4. The zero-order valence-corrected chi connectivity index (χ0v) is 30.9. The van der Waals surface area contributed by atoms with E-state index in [0.717, 1.165) is 80.1 Å². The molecule has 3 aliphatic rings. The van der Waals surface area contributed by atoms with Crippen LogP contribution in [0.25, 0.3) is 5.57 Å². The number of carbonyl (C=O) groups is 1. The van der Waals surface area contributed by atoms with Crippen molar-refractivity contribution in [2.75, 3.05) is 0 Å². The molecule has 3 N–H and O–H groups in total. The van der Waals surface area contributed by atoms with E-state index in [9.17, 15) is 20.1 Å². The van der Waals surface area contributed by atoms with Gasteiger partial charge in [-0.2, -0.15) is 0 Å². The predicted octanol–water partition coefficient (Wildman–Crippen LogP) is 10.3. The minimum atomic E-state index is -1.26. The predicted molar refractivity (Wildman–Crippen MR) is 197 cm³/mol. The van der Waals surface area contributed by atoms with Gasteiger partial charge in [-0.1, -0.05) is 63.3 Å². The molecule has 0 saturated heterocycles. The monoisotopic (exact) mass is 670 g/mol. The van der Waals surface area contributed by atoms with E-state index in [-0.39, 0.29) is 23.3 Å². The molecule has 0 fully saturated rings. The fraction of sp³-hybridized carbons (Fsp3) is 0.558. The maximum Gasteiger partial charge on any atom is 0.339 e. The van der Waals surface area contributed by atoms with E-state index < -0.39 is 23.3 Å². The van der Waals surface area contributed by atoms with Crippen molar-refractivity contribution < 1.29 is 29.6 Å². The molecular formula is C43H58O6. The van der Waals surface area contributed by atoms with Crippen LogP contribution in [-0.2, 0) is 17.6 Å². The SMILES string of the molecule is C=C(C)[C@@H]1CCC(C)=CC1c1cc(C(=O)OC2(C)CCC3=C(c4c(O)cc(CCCCC)cc4OC3(C)C)C2O)c(CCCCC)cc1O. The summed E-state index contributed by atoms with van der Waals surface area (Å²) < 4.78 is 12.9. The van der Waals surface area contributed by atoms with E-state index in [2.05, 4.69) is 33.4 Å². The van der Waals surface area contributed by atoms with Crippen LogP contribution in [0.1, 0.15) is 151 Å². The molecule has 6 nitrogen and oxygen atoms in total. The minimum Gasteiger partial charge on any atom is -0.508 e. The van der Waals surface area contributed by atoms with Gasteiger partial charge in [0.15, 0.2) is 0 Å². The van der Waals surface area contributed by atoms with Crippen molar-refractivity contribution >= 4 is 11.5 Å². The number of ether oxygens (including phenoxy) is 2. The molecule has 0 bridgehead atoms. The molecular weight excluding hydrogens is 612 g/mol. The maximum absolute atomic E-state index is 14.4. The van der Waals surface area contributed by atoms with Gasteiger partial charge in [0.1, 0.15) is 34.6 Å². The smallest absolute Gasteiger partial charge is 0.339 e. The van der Waals surface area contributed by atoms with Crippen molar-refractivity contribution in [2.24, 2.45) is 5.92 Å². The lowest BCUT2D eigenvalue weighted by Crippen LogP contribution is -2.50. The van der Waals surface area contributed by atoms with Gasteiger partial charge in [0, 0.05) is 17.1 Å². The number of aryl methyl sites for hydroxylation is 2. The fourth-order valence-corrected chi connectivity index (χ4v) is 8.27. The van der Waals surface area contributed by atoms with Crippen molar-refractivity contribution in [3.05, 3.63) is 81.5 Å². The number of rotatable bonds is 12. The molecule has 1 heterocycles. The molecule has 2 aromatic carbocycles. The number of phenols is 2. The molecule has 49 heavy (non-hydrogen) atoms. The second-order valence-electron chi connectivity index (χ2n) is 15.6. The zero-order valence-electron chi connectivity index (χ0n) is 30.9. The van der Waals surface area contributed by atoms with E-state index in [1.807, 2.05) is 32.9 Å². The third-order valence-corrected chi connectivity index (χ3v) is 11.2. The molecule has 0 radical (unpaired) electrons. The first-order valence-electron chi connectivity index (χ1n) is 18.6. The van der Waals surface area contributed by atoms with Gasteiger partial charge in [0.05, 0.1) is 11.1 Å². The Morgan fingerprint density at radius 2 is 1.67 bits per heavy atom. The Labute approximate surface area is 293 Å². The topological polar surface area (TPSA) is 96.2 Å². The van der Waals surface area contributed by atoms with E-state index in [1.165, 1.54) is 5.57 Å². The van der Waals surface area contributed by atoms with Crippen LogP contribution in [0.15, 0.2) is 53.6 Å². The molecule has 1 aliphatic heterocycles. The normalized spacial score (nSPS) is 24.4. The number of aliphatic hydroxyl groups excluding tert-OH is 1. The number of unbranched alkanes of at least 4 members (excludes halogenated alkanes) is 4. The lowest BCUT2D eigenvalue weighted by Gasteiger charge is -2.47. The fourth-order valence-electron chi connectivity index (χ4n) is 8.27. The minimum absolute atomic E-state index is 0.0749. The van der Waals surface area contributed by atoms with Gasteiger partial charge in [-0.25, -0.2) is 4.79 Å². The van der Waals surface area contributed by atoms with Crippen LogP contribution in [-0.4, -0.2) is 38.6 Å². The van der Waals surface area contributed by atoms with Crippen molar-refractivity contribution in [1.29, 1.82) is 0 Å². The number of esters is 1. The molecule has 266 valence electrons. The number of carbonyl (C=O) groups excluding carboxylic acids is 1. The van der Waals surface area contributed by atoms with Crippen LogP contribution in [0.5, 0.6) is 17.2 Å². The summed E-state index contributed by atoms with van der Waals surface area (Å²) in [6, 6.07) is 7.35. The van der Waals surface area contributed by atoms with E-state index in [0.29, 0.717) is 47.3 Å². The van der Waals surface area contributed by atoms with Crippen LogP contribution in [0.3, 0.4) is 0 Å². The van der Waals surface area contributed by atoms with Gasteiger partial charge in [-0.3, -0.25) is 0 Å². The third kappa shape index (κ3) is 7.50. The first-order chi connectivity index (χ1) is 23.2. The van der Waals surface area contributed by atoms with Crippen LogP contribution < -0.4 is 4.74 Å². The van der Waals surface area contributed by atoms with Crippen molar-refractivity contribution in [3.8, 4) is 17.2 Å². The van der Waals surface area contributed by atoms with Gasteiger partial charge in [0.2, 0.25) is 0 Å². The Morgan fingerprint density at radius 1 is 0.980 bits per heavy atom. The molecule has 3 unspecified atom stereocenters. The standard InChI is InChI=1S/C43H58O6/c1-9-11-13-15-28-22-36(45)39-37(23-28)48-42(6,7)34-19-20-43(8,40(46)38(34)39)49-41(47)31-25-33(35(44)24-29(31)16-14-12-10-2)32-21-27(5)17-18-30(32)26(3)4/h21-25,30,32,40,44-46H,3,9-20H2,1-2,4-8H3/t30-,32?,40?,43?/m0/s1. The number of allylic oxidation sites excluding steroid dienone is 3. The molecule has 0 aromatic heterocycles. The summed E-state index contributed by atoms with van der Waals surface area (Å²) >= 11 is 0. The molecule has 2 aliphatic carbocycles. The molecule has 0 saturated carbocycles. The largest absolute Gasteiger partial charge is 0.508 e. The summed E-state index contributed by atoms with van der Waals surface area (Å²) in [6.07, 6.45) is 11.5. The number of benzene rings is 2. The average Bonchev–Trinajstić information content (AvgIpc) is 3.02. The number of aromatic hydroxyl groups is 2. The van der Waals surface area contributed by atoms with Gasteiger partial charge in [-0.15, -0.1) is 0 Å². The Morgan fingerprint density at radius 3 is 2.35 bits per heavy atom. The molecule has 0 amide bonds. The quantitative estimate of drug-likeness (QED) is 0.118. The highest BCUT2D eigenvalue weighted by molar-refractivity contribution is 5.93. The van der Waals surface area contributed by atoms with Crippen LogP contribution in [0.4, 0.5) is 0 Å². The molecule has 4 atom stereocenters. The van der Waals surface area contributed by atoms with E-state index in [1.54, 1.807) is 19.1 Å². The zero-order chi connectivity index (χ0) is 35.7. The summed E-state index contributed by atoms with van der Waals surface area (Å²) in [4.78, 5) is 14.4. The third-order valence-electron chi connectivity index (χ3n) is 11.2. The van der Waals surface area contributed by atoms with Gasteiger partial charge in [-0.05, 0) is 133 Å². The molecule has 5 rings (SSSR count). The van der Waals surface area contributed by atoms with Crippen LogP contribution in [0, 0.1) is 5.92 Å². The summed E-state index contributed by atoms with van der Waals surface area (Å²) in [5.41, 5.74) is 5.24. The molecule has 6 heteroatoms. The van der Waals surface area contributed by atoms with Crippen molar-refractivity contribution in [1.82, 2.24) is 0 Å². The van der Waals surface area contributed by atoms with Gasteiger partial charge in [0.25, 0.3) is 0 Å². The summed E-state index contributed by atoms with van der Waals surface area (Å²) in [7, 11) is 0. The lowest BCUT2D eigenvalue weighted by molar-refractivity contribution is -0.0693.